The molecule has 3 atom stereocenters. The Balaban J connectivity index is 1.35. The number of fused-ring (bicyclic) bond motifs is 1. The van der Waals surface area contributed by atoms with Crippen molar-refractivity contribution in [3.8, 4) is 17.6 Å². The third-order valence-corrected chi connectivity index (χ3v) is 8.57. The summed E-state index contributed by atoms with van der Waals surface area (Å²) in [5, 5.41) is 3.11. The second kappa shape index (κ2) is 13.7. The van der Waals surface area contributed by atoms with Crippen LogP contribution in [0.3, 0.4) is 0 Å². The van der Waals surface area contributed by atoms with E-state index in [0.717, 1.165) is 74.7 Å². The molecule has 0 saturated carbocycles. The summed E-state index contributed by atoms with van der Waals surface area (Å²) in [6.45, 7) is 10.2. The molecule has 3 aromatic rings. The molecule has 5 rings (SSSR count). The monoisotopic (exact) mass is 550 g/mol. The lowest BCUT2D eigenvalue weighted by Gasteiger charge is -2.58. The molecule has 2 saturated heterocycles. The van der Waals surface area contributed by atoms with Crippen LogP contribution in [0.2, 0.25) is 0 Å². The van der Waals surface area contributed by atoms with Gasteiger partial charge in [-0.05, 0) is 86.6 Å². The summed E-state index contributed by atoms with van der Waals surface area (Å²) in [5.41, 5.74) is 4.16. The lowest BCUT2D eigenvalue weighted by Crippen LogP contribution is -2.69. The minimum Gasteiger partial charge on any atom is -0.497 e. The summed E-state index contributed by atoms with van der Waals surface area (Å²) >= 11 is 0. The van der Waals surface area contributed by atoms with Gasteiger partial charge in [0.1, 0.15) is 5.75 Å². The summed E-state index contributed by atoms with van der Waals surface area (Å²) in [6, 6.07) is 27.1. The Kier molecular flexibility index (Phi) is 9.61. The molecule has 0 radical (unpaired) electrons. The van der Waals surface area contributed by atoms with E-state index in [1.165, 1.54) is 5.56 Å². The van der Waals surface area contributed by atoms with E-state index >= 15 is 0 Å². The van der Waals surface area contributed by atoms with Crippen LogP contribution in [0.15, 0.2) is 78.9 Å². The highest BCUT2D eigenvalue weighted by molar-refractivity contribution is 5.89. The quantitative estimate of drug-likeness (QED) is 0.372. The Hall–Kier alpha value is -3.79. The van der Waals surface area contributed by atoms with Crippen molar-refractivity contribution in [2.75, 3.05) is 51.7 Å². The highest BCUT2D eigenvalue weighted by atomic mass is 16.5. The molecule has 0 spiro atoms. The van der Waals surface area contributed by atoms with Crippen LogP contribution in [-0.2, 0) is 0 Å². The molecule has 2 aliphatic rings. The molecule has 2 aliphatic heterocycles. The van der Waals surface area contributed by atoms with Crippen molar-refractivity contribution in [1.82, 2.24) is 14.7 Å². The number of carbonyl (C=O) groups excluding carboxylic acids is 1. The standard InChI is InChI=1S/C35H42N4O2/c1-4-37(5-2)25-32-34(29-17-15-28(16-18-29)14-13-27-11-7-6-8-12-27)33-26-38(23-9-10-24-39(32)33)35(40)36-30-19-21-31(41-3)22-20-30/h6-8,11-12,15-22,32-34H,4-5,9-10,23-26H2,1-3H3,(H,36,40)/t32-,33+,34+/m1/s1. The van der Waals surface area contributed by atoms with Crippen molar-refractivity contribution in [3.05, 3.63) is 95.6 Å². The Morgan fingerprint density at radius 1 is 0.902 bits per heavy atom. The van der Waals surface area contributed by atoms with Crippen molar-refractivity contribution < 1.29 is 9.53 Å². The third-order valence-electron chi connectivity index (χ3n) is 8.57. The van der Waals surface area contributed by atoms with Gasteiger partial charge < -0.3 is 19.9 Å². The highest BCUT2D eigenvalue weighted by Crippen LogP contribution is 2.42. The lowest BCUT2D eigenvalue weighted by atomic mass is 9.73. The first kappa shape index (κ1) is 28.7. The van der Waals surface area contributed by atoms with Gasteiger partial charge in [-0.25, -0.2) is 4.79 Å². The Morgan fingerprint density at radius 2 is 1.56 bits per heavy atom. The number of hydrogen-bond donors (Lipinski definition) is 1. The largest absolute Gasteiger partial charge is 0.497 e. The van der Waals surface area contributed by atoms with E-state index in [4.69, 9.17) is 4.74 Å². The number of nitrogens with zero attached hydrogens (tertiary/aromatic N) is 3. The average molecular weight is 551 g/mol. The van der Waals surface area contributed by atoms with E-state index in [9.17, 15) is 4.79 Å². The molecule has 41 heavy (non-hydrogen) atoms. The van der Waals surface area contributed by atoms with Gasteiger partial charge in [0, 0.05) is 54.5 Å². The van der Waals surface area contributed by atoms with E-state index in [1.807, 2.05) is 59.5 Å². The van der Waals surface area contributed by atoms with Crippen LogP contribution >= 0.6 is 0 Å². The van der Waals surface area contributed by atoms with Crippen LogP contribution in [0, 0.1) is 11.8 Å². The smallest absolute Gasteiger partial charge is 0.321 e. The van der Waals surface area contributed by atoms with Gasteiger partial charge >= 0.3 is 6.03 Å². The van der Waals surface area contributed by atoms with Gasteiger partial charge in [0.15, 0.2) is 0 Å². The fourth-order valence-corrected chi connectivity index (χ4v) is 6.20. The Bertz CT molecular complexity index is 1330. The third kappa shape index (κ3) is 6.93. The van der Waals surface area contributed by atoms with E-state index in [-0.39, 0.29) is 6.03 Å². The normalized spacial score (nSPS) is 20.6. The van der Waals surface area contributed by atoms with Gasteiger partial charge in [0.25, 0.3) is 0 Å². The Labute approximate surface area is 245 Å². The number of benzene rings is 3. The maximum atomic E-state index is 13.4. The number of urea groups is 1. The number of methoxy groups -OCH3 is 1. The van der Waals surface area contributed by atoms with Gasteiger partial charge in [-0.1, -0.05) is 56.0 Å². The number of nitrogens with one attached hydrogen (secondary N) is 1. The van der Waals surface area contributed by atoms with Gasteiger partial charge in [-0.15, -0.1) is 0 Å². The molecule has 1 N–H and O–H groups in total. The molecule has 214 valence electrons. The fourth-order valence-electron chi connectivity index (χ4n) is 6.20. The molecule has 2 heterocycles. The molecular weight excluding hydrogens is 508 g/mol. The van der Waals surface area contributed by atoms with Crippen LogP contribution in [0.1, 0.15) is 49.3 Å². The first-order valence-corrected chi connectivity index (χ1v) is 14.9. The van der Waals surface area contributed by atoms with E-state index in [1.54, 1.807) is 7.11 Å². The number of anilines is 1. The molecule has 0 aromatic heterocycles. The molecule has 2 fully saturated rings. The maximum Gasteiger partial charge on any atom is 0.321 e. The zero-order valence-corrected chi connectivity index (χ0v) is 24.6. The predicted octanol–water partition coefficient (Wildman–Crippen LogP) is 5.90. The molecule has 2 amide bonds. The minimum absolute atomic E-state index is 0.0329. The zero-order chi connectivity index (χ0) is 28.6. The fraction of sp³-hybridized carbons (Fsp3) is 0.400. The Morgan fingerprint density at radius 3 is 2.22 bits per heavy atom. The molecule has 6 heteroatoms. The molecular formula is C35H42N4O2. The van der Waals surface area contributed by atoms with E-state index in [2.05, 4.69) is 65.1 Å². The van der Waals surface area contributed by atoms with Crippen molar-refractivity contribution in [2.45, 2.75) is 44.7 Å². The second-order valence-corrected chi connectivity index (χ2v) is 10.9. The predicted molar refractivity (Wildman–Crippen MR) is 166 cm³/mol. The van der Waals surface area contributed by atoms with Crippen LogP contribution in [0.4, 0.5) is 10.5 Å². The number of likely N-dealkylation sites (N-methyl/N-ethyl adjacent to an activating group) is 1. The van der Waals surface area contributed by atoms with Crippen molar-refractivity contribution in [1.29, 1.82) is 0 Å². The number of carbonyl (C=O) groups is 1. The van der Waals surface area contributed by atoms with Gasteiger partial charge in [-0.3, -0.25) is 4.90 Å². The summed E-state index contributed by atoms with van der Waals surface area (Å²) < 4.78 is 5.26. The van der Waals surface area contributed by atoms with Gasteiger partial charge in [0.05, 0.1) is 7.11 Å². The summed E-state index contributed by atoms with van der Waals surface area (Å²) in [4.78, 5) is 20.6. The lowest BCUT2D eigenvalue weighted by molar-refractivity contribution is -0.0486. The van der Waals surface area contributed by atoms with Crippen LogP contribution in [0.5, 0.6) is 5.75 Å². The first-order valence-electron chi connectivity index (χ1n) is 14.9. The summed E-state index contributed by atoms with van der Waals surface area (Å²) in [7, 11) is 1.65. The van der Waals surface area contributed by atoms with Crippen LogP contribution in [-0.4, -0.2) is 79.2 Å². The van der Waals surface area contributed by atoms with E-state index in [0.29, 0.717) is 18.0 Å². The SMILES string of the molecule is CCN(CC)C[C@@H]1[C@H](c2ccc(C#Cc3ccccc3)cc2)[C@@H]2CN(C(=O)Nc3ccc(OC)cc3)CCCCN12. The topological polar surface area (TPSA) is 48.1 Å². The molecule has 6 nitrogen and oxygen atoms in total. The average Bonchev–Trinajstić information content (AvgIpc) is 3.00. The first-order chi connectivity index (χ1) is 20.1. The van der Waals surface area contributed by atoms with Crippen LogP contribution in [0.25, 0.3) is 0 Å². The molecule has 3 aromatic carbocycles. The van der Waals surface area contributed by atoms with Crippen molar-refractivity contribution >= 4 is 11.7 Å². The van der Waals surface area contributed by atoms with Crippen molar-refractivity contribution in [2.24, 2.45) is 0 Å². The molecule has 0 bridgehead atoms. The molecule has 0 unspecified atom stereocenters. The number of amides is 2. The molecule has 0 aliphatic carbocycles. The number of rotatable bonds is 7. The van der Waals surface area contributed by atoms with Gasteiger partial charge in [-0.2, -0.15) is 0 Å². The van der Waals surface area contributed by atoms with E-state index < -0.39 is 0 Å². The summed E-state index contributed by atoms with van der Waals surface area (Å²) in [5.74, 6) is 7.72. The van der Waals surface area contributed by atoms with Crippen molar-refractivity contribution in [3.63, 3.8) is 0 Å². The van der Waals surface area contributed by atoms with Crippen LogP contribution < -0.4 is 10.1 Å². The maximum absolute atomic E-state index is 13.4. The van der Waals surface area contributed by atoms with Gasteiger partial charge in [0.2, 0.25) is 0 Å². The second-order valence-electron chi connectivity index (χ2n) is 10.9. The number of hydrogen-bond acceptors (Lipinski definition) is 4. The number of ether oxygens (including phenoxy) is 1. The minimum atomic E-state index is -0.0329. The highest BCUT2D eigenvalue weighted by Gasteiger charge is 2.50. The zero-order valence-electron chi connectivity index (χ0n) is 24.6. The summed E-state index contributed by atoms with van der Waals surface area (Å²) in [6.07, 6.45) is 2.11.